The Bertz CT molecular complexity index is 611. The summed E-state index contributed by atoms with van der Waals surface area (Å²) in [6.45, 7) is 1.91. The van der Waals surface area contributed by atoms with Crippen LogP contribution in [0.1, 0.15) is 11.3 Å². The molecule has 2 aromatic rings. The van der Waals surface area contributed by atoms with E-state index in [4.69, 9.17) is 10.9 Å². The second-order valence-electron chi connectivity index (χ2n) is 4.11. The maximum absolute atomic E-state index is 8.70. The molecule has 6 nitrogen and oxygen atoms in total. The molecule has 0 spiro atoms. The fraction of sp³-hybridized carbons (Fsp3) is 0.154. The van der Waals surface area contributed by atoms with Crippen LogP contribution in [0.5, 0.6) is 0 Å². The number of nitrogens with two attached hydrogens (primary N) is 1. The highest BCUT2D eigenvalue weighted by Gasteiger charge is 2.08. The second kappa shape index (κ2) is 5.34. The Morgan fingerprint density at radius 3 is 2.79 bits per heavy atom. The highest BCUT2D eigenvalue weighted by Crippen LogP contribution is 2.22. The molecule has 1 heterocycles. The summed E-state index contributed by atoms with van der Waals surface area (Å²) in [7, 11) is 1.90. The Morgan fingerprint density at radius 2 is 2.11 bits per heavy atom. The highest BCUT2D eigenvalue weighted by molar-refractivity contribution is 5.97. The van der Waals surface area contributed by atoms with Crippen LogP contribution >= 0.6 is 0 Å². The number of rotatable bonds is 3. The van der Waals surface area contributed by atoms with Gasteiger partial charge in [0, 0.05) is 30.1 Å². The Kier molecular flexibility index (Phi) is 3.61. The summed E-state index contributed by atoms with van der Waals surface area (Å²) < 4.78 is 0. The van der Waals surface area contributed by atoms with Crippen LogP contribution in [0.15, 0.2) is 41.8 Å². The Hall–Kier alpha value is -2.63. The molecule has 0 radical (unpaired) electrons. The van der Waals surface area contributed by atoms with Gasteiger partial charge in [-0.05, 0) is 19.1 Å². The van der Waals surface area contributed by atoms with E-state index in [1.165, 1.54) is 6.33 Å². The molecule has 0 saturated heterocycles. The largest absolute Gasteiger partial charge is 0.409 e. The van der Waals surface area contributed by atoms with Crippen LogP contribution in [0.2, 0.25) is 0 Å². The first-order chi connectivity index (χ1) is 9.11. The van der Waals surface area contributed by atoms with Crippen molar-refractivity contribution in [3.63, 3.8) is 0 Å². The molecular weight excluding hydrogens is 242 g/mol. The highest BCUT2D eigenvalue weighted by atomic mass is 16.4. The van der Waals surface area contributed by atoms with Crippen LogP contribution in [-0.4, -0.2) is 28.1 Å². The van der Waals surface area contributed by atoms with Crippen molar-refractivity contribution in [3.05, 3.63) is 47.9 Å². The minimum absolute atomic E-state index is 0.0779. The van der Waals surface area contributed by atoms with E-state index in [0.717, 1.165) is 17.2 Å². The molecule has 0 bridgehead atoms. The number of hydrogen-bond donors (Lipinski definition) is 2. The number of aryl methyl sites for hydroxylation is 1. The van der Waals surface area contributed by atoms with Gasteiger partial charge in [-0.15, -0.1) is 0 Å². The maximum atomic E-state index is 8.70. The number of amidine groups is 1. The monoisotopic (exact) mass is 257 g/mol. The van der Waals surface area contributed by atoms with Gasteiger partial charge in [0.25, 0.3) is 0 Å². The zero-order chi connectivity index (χ0) is 13.8. The smallest absolute Gasteiger partial charge is 0.170 e. The average Bonchev–Trinajstić information content (AvgIpc) is 2.45. The van der Waals surface area contributed by atoms with Gasteiger partial charge in [-0.2, -0.15) is 0 Å². The van der Waals surface area contributed by atoms with E-state index in [1.807, 2.05) is 43.1 Å². The lowest BCUT2D eigenvalue weighted by Gasteiger charge is -2.19. The van der Waals surface area contributed by atoms with Crippen LogP contribution in [-0.2, 0) is 0 Å². The Morgan fingerprint density at radius 1 is 1.32 bits per heavy atom. The summed E-state index contributed by atoms with van der Waals surface area (Å²) in [5.41, 5.74) is 8.02. The van der Waals surface area contributed by atoms with Crippen molar-refractivity contribution < 1.29 is 5.21 Å². The van der Waals surface area contributed by atoms with Crippen molar-refractivity contribution in [2.75, 3.05) is 11.9 Å². The molecule has 1 aromatic carbocycles. The van der Waals surface area contributed by atoms with Gasteiger partial charge < -0.3 is 15.8 Å². The molecular formula is C13H15N5O. The van der Waals surface area contributed by atoms with Gasteiger partial charge in [0.05, 0.1) is 0 Å². The number of aromatic nitrogens is 2. The summed E-state index contributed by atoms with van der Waals surface area (Å²) >= 11 is 0. The van der Waals surface area contributed by atoms with Crippen LogP contribution in [0.3, 0.4) is 0 Å². The predicted molar refractivity (Wildman–Crippen MR) is 73.8 cm³/mol. The molecule has 6 heteroatoms. The fourth-order valence-electron chi connectivity index (χ4n) is 1.69. The average molecular weight is 257 g/mol. The van der Waals surface area contributed by atoms with Crippen LogP contribution in [0.25, 0.3) is 0 Å². The minimum atomic E-state index is 0.0779. The standard InChI is InChI=1S/C13H15N5O/c1-9-6-12(16-8-15-9)18(2)11-5-3-4-10(7-11)13(14)17-19/h3-8,19H,1-2H3,(H2,14,17). The van der Waals surface area contributed by atoms with Crippen molar-refractivity contribution in [2.45, 2.75) is 6.92 Å². The summed E-state index contributed by atoms with van der Waals surface area (Å²) in [5, 5.41) is 11.7. The summed E-state index contributed by atoms with van der Waals surface area (Å²) in [5.74, 6) is 0.860. The van der Waals surface area contributed by atoms with Crippen LogP contribution in [0.4, 0.5) is 11.5 Å². The van der Waals surface area contributed by atoms with E-state index in [0.29, 0.717) is 5.56 Å². The maximum Gasteiger partial charge on any atom is 0.170 e. The summed E-state index contributed by atoms with van der Waals surface area (Å²) in [6, 6.07) is 9.25. The molecule has 0 aliphatic rings. The van der Waals surface area contributed by atoms with Gasteiger partial charge in [0.15, 0.2) is 5.84 Å². The first-order valence-corrected chi connectivity index (χ1v) is 5.72. The molecule has 1 aromatic heterocycles. The molecule has 0 unspecified atom stereocenters. The first kappa shape index (κ1) is 12.8. The van der Waals surface area contributed by atoms with Gasteiger partial charge in [0.1, 0.15) is 12.1 Å². The van der Waals surface area contributed by atoms with E-state index in [1.54, 1.807) is 6.07 Å². The molecule has 0 aliphatic heterocycles. The molecule has 0 saturated carbocycles. The van der Waals surface area contributed by atoms with Crippen molar-refractivity contribution in [3.8, 4) is 0 Å². The topological polar surface area (TPSA) is 87.6 Å². The lowest BCUT2D eigenvalue weighted by Crippen LogP contribution is -2.15. The third kappa shape index (κ3) is 2.79. The normalized spacial score (nSPS) is 11.4. The first-order valence-electron chi connectivity index (χ1n) is 5.72. The number of oxime groups is 1. The molecule has 0 amide bonds. The van der Waals surface area contributed by atoms with Crippen molar-refractivity contribution >= 4 is 17.3 Å². The molecule has 0 fully saturated rings. The van der Waals surface area contributed by atoms with Crippen molar-refractivity contribution in [2.24, 2.45) is 10.9 Å². The summed E-state index contributed by atoms with van der Waals surface area (Å²) in [6.07, 6.45) is 1.52. The summed E-state index contributed by atoms with van der Waals surface area (Å²) in [4.78, 5) is 10.2. The third-order valence-electron chi connectivity index (χ3n) is 2.77. The van der Waals surface area contributed by atoms with Crippen molar-refractivity contribution in [1.82, 2.24) is 9.97 Å². The lowest BCUT2D eigenvalue weighted by atomic mass is 10.1. The van der Waals surface area contributed by atoms with E-state index in [-0.39, 0.29) is 5.84 Å². The number of benzene rings is 1. The van der Waals surface area contributed by atoms with Gasteiger partial charge >= 0.3 is 0 Å². The van der Waals surface area contributed by atoms with E-state index < -0.39 is 0 Å². The number of nitrogens with zero attached hydrogens (tertiary/aromatic N) is 4. The van der Waals surface area contributed by atoms with Gasteiger partial charge in [-0.3, -0.25) is 0 Å². The molecule has 98 valence electrons. The van der Waals surface area contributed by atoms with Crippen LogP contribution < -0.4 is 10.6 Å². The Labute approximate surface area is 111 Å². The number of hydrogen-bond acceptors (Lipinski definition) is 5. The molecule has 0 aliphatic carbocycles. The van der Waals surface area contributed by atoms with Gasteiger partial charge in [-0.1, -0.05) is 17.3 Å². The zero-order valence-corrected chi connectivity index (χ0v) is 10.8. The van der Waals surface area contributed by atoms with Crippen LogP contribution in [0, 0.1) is 6.92 Å². The van der Waals surface area contributed by atoms with E-state index in [2.05, 4.69) is 15.1 Å². The van der Waals surface area contributed by atoms with E-state index in [9.17, 15) is 0 Å². The third-order valence-corrected chi connectivity index (χ3v) is 2.77. The van der Waals surface area contributed by atoms with Gasteiger partial charge in [0.2, 0.25) is 0 Å². The van der Waals surface area contributed by atoms with Crippen molar-refractivity contribution in [1.29, 1.82) is 0 Å². The second-order valence-corrected chi connectivity index (χ2v) is 4.11. The Balaban J connectivity index is 2.36. The SMILES string of the molecule is Cc1cc(N(C)c2cccc(C(N)=NO)c2)ncn1. The number of anilines is 2. The molecule has 0 atom stereocenters. The molecule has 19 heavy (non-hydrogen) atoms. The van der Waals surface area contributed by atoms with E-state index >= 15 is 0 Å². The predicted octanol–water partition coefficient (Wildman–Crippen LogP) is 1.65. The fourth-order valence-corrected chi connectivity index (χ4v) is 1.69. The molecule has 2 rings (SSSR count). The zero-order valence-electron chi connectivity index (χ0n) is 10.8. The lowest BCUT2D eigenvalue weighted by molar-refractivity contribution is 0.318. The molecule has 3 N–H and O–H groups in total. The minimum Gasteiger partial charge on any atom is -0.409 e. The van der Waals surface area contributed by atoms with Gasteiger partial charge in [-0.25, -0.2) is 9.97 Å². The quantitative estimate of drug-likeness (QED) is 0.378.